The van der Waals surface area contributed by atoms with Crippen LogP contribution in [-0.2, 0) is 11.3 Å². The third kappa shape index (κ3) is 3.43. The van der Waals surface area contributed by atoms with Gasteiger partial charge in [0.05, 0.1) is 0 Å². The van der Waals surface area contributed by atoms with E-state index >= 15 is 0 Å². The quantitative estimate of drug-likeness (QED) is 0.519. The minimum Gasteiger partial charge on any atom is -0.342 e. The molecule has 1 aliphatic heterocycles. The van der Waals surface area contributed by atoms with Crippen molar-refractivity contribution < 1.29 is 9.18 Å². The summed E-state index contributed by atoms with van der Waals surface area (Å²) in [5.41, 5.74) is 3.30. The van der Waals surface area contributed by atoms with Gasteiger partial charge in [0.25, 0.3) is 5.91 Å². The number of benzene rings is 2. The molecule has 1 aromatic heterocycles. The molecule has 0 saturated carbocycles. The molecule has 4 nitrogen and oxygen atoms in total. The molecular formula is C22H20FN3OS. The fourth-order valence-electron chi connectivity index (χ4n) is 3.51. The van der Waals surface area contributed by atoms with Gasteiger partial charge in [0.15, 0.2) is 5.11 Å². The van der Waals surface area contributed by atoms with E-state index in [2.05, 4.69) is 9.88 Å². The Morgan fingerprint density at radius 1 is 1.18 bits per heavy atom. The van der Waals surface area contributed by atoms with Crippen LogP contribution in [0.2, 0.25) is 0 Å². The Hall–Kier alpha value is -2.99. The largest absolute Gasteiger partial charge is 0.342 e. The lowest BCUT2D eigenvalue weighted by molar-refractivity contribution is -0.122. The van der Waals surface area contributed by atoms with Crippen LogP contribution >= 0.6 is 12.2 Å². The molecule has 0 unspecified atom stereocenters. The predicted octanol–water partition coefficient (Wildman–Crippen LogP) is 4.30. The molecule has 1 N–H and O–H groups in total. The lowest BCUT2D eigenvalue weighted by atomic mass is 10.1. The Morgan fingerprint density at radius 2 is 2.00 bits per heavy atom. The third-order valence-corrected chi connectivity index (χ3v) is 5.09. The molecule has 0 atom stereocenters. The predicted molar refractivity (Wildman–Crippen MR) is 113 cm³/mol. The van der Waals surface area contributed by atoms with E-state index in [4.69, 9.17) is 12.2 Å². The van der Waals surface area contributed by atoms with E-state index in [-0.39, 0.29) is 11.7 Å². The Labute approximate surface area is 168 Å². The van der Waals surface area contributed by atoms with Gasteiger partial charge in [0.2, 0.25) is 0 Å². The number of hydrogen-bond donors (Lipinski definition) is 1. The lowest BCUT2D eigenvalue weighted by Crippen LogP contribution is -2.31. The summed E-state index contributed by atoms with van der Waals surface area (Å²) in [6.07, 6.45) is 4.67. The van der Waals surface area contributed by atoms with Crippen LogP contribution in [0.1, 0.15) is 24.5 Å². The molecule has 2 aromatic carbocycles. The molecule has 6 heteroatoms. The maximum atomic E-state index is 13.6. The van der Waals surface area contributed by atoms with Gasteiger partial charge >= 0.3 is 0 Å². The van der Waals surface area contributed by atoms with Gasteiger partial charge in [-0.15, -0.1) is 0 Å². The summed E-state index contributed by atoms with van der Waals surface area (Å²) < 4.78 is 15.6. The summed E-state index contributed by atoms with van der Waals surface area (Å²) in [5.74, 6) is -0.351. The number of nitrogens with one attached hydrogen (secondary N) is 1. The molecular weight excluding hydrogens is 373 g/mol. The highest BCUT2D eigenvalue weighted by atomic mass is 32.1. The Bertz CT molecular complexity index is 1100. The average Bonchev–Trinajstić information content (AvgIpc) is 3.15. The van der Waals surface area contributed by atoms with Gasteiger partial charge in [-0.1, -0.05) is 37.3 Å². The van der Waals surface area contributed by atoms with Crippen LogP contribution in [0.15, 0.2) is 60.4 Å². The fourth-order valence-corrected chi connectivity index (χ4v) is 3.79. The van der Waals surface area contributed by atoms with Gasteiger partial charge in [0, 0.05) is 35.8 Å². The second-order valence-corrected chi connectivity index (χ2v) is 7.19. The molecule has 28 heavy (non-hydrogen) atoms. The Balaban J connectivity index is 1.73. The van der Waals surface area contributed by atoms with E-state index in [1.165, 1.54) is 12.1 Å². The van der Waals surface area contributed by atoms with Gasteiger partial charge in [-0.05, 0) is 48.5 Å². The number of rotatable bonds is 5. The number of amides is 1. The number of para-hydroxylation sites is 1. The maximum Gasteiger partial charge on any atom is 0.276 e. The van der Waals surface area contributed by atoms with Crippen LogP contribution in [0.4, 0.5) is 4.39 Å². The molecule has 1 amide bonds. The number of aromatic nitrogens is 1. The van der Waals surface area contributed by atoms with E-state index < -0.39 is 0 Å². The van der Waals surface area contributed by atoms with Crippen LogP contribution in [0.25, 0.3) is 17.0 Å². The molecule has 0 radical (unpaired) electrons. The topological polar surface area (TPSA) is 37.3 Å². The van der Waals surface area contributed by atoms with Crippen molar-refractivity contribution in [1.82, 2.24) is 14.8 Å². The SMILES string of the molecule is CCCN1C(=O)/C(=C/c2cn(Cc3cccc(F)c3)c3ccccc23)NC1=S. The van der Waals surface area contributed by atoms with Crippen LogP contribution in [0.5, 0.6) is 0 Å². The van der Waals surface area contributed by atoms with Crippen molar-refractivity contribution in [3.63, 3.8) is 0 Å². The highest BCUT2D eigenvalue weighted by Crippen LogP contribution is 2.25. The second kappa shape index (κ2) is 7.56. The molecule has 1 aliphatic rings. The molecule has 0 spiro atoms. The number of carbonyl (C=O) groups is 1. The first-order valence-corrected chi connectivity index (χ1v) is 9.64. The Morgan fingerprint density at radius 3 is 2.79 bits per heavy atom. The molecule has 0 bridgehead atoms. The van der Waals surface area contributed by atoms with Crippen molar-refractivity contribution in [2.45, 2.75) is 19.9 Å². The number of fused-ring (bicyclic) bond motifs is 1. The Kier molecular flexibility index (Phi) is 4.96. The van der Waals surface area contributed by atoms with E-state index in [0.717, 1.165) is 28.5 Å². The van der Waals surface area contributed by atoms with E-state index in [0.29, 0.717) is 23.9 Å². The van der Waals surface area contributed by atoms with Gasteiger partial charge in [-0.3, -0.25) is 9.69 Å². The van der Waals surface area contributed by atoms with Crippen molar-refractivity contribution in [2.24, 2.45) is 0 Å². The zero-order chi connectivity index (χ0) is 19.7. The summed E-state index contributed by atoms with van der Waals surface area (Å²) in [4.78, 5) is 14.2. The minimum absolute atomic E-state index is 0.103. The van der Waals surface area contributed by atoms with E-state index in [9.17, 15) is 9.18 Å². The van der Waals surface area contributed by atoms with E-state index in [1.54, 1.807) is 11.0 Å². The number of thiocarbonyl (C=S) groups is 1. The number of hydrogen-bond acceptors (Lipinski definition) is 2. The van der Waals surface area contributed by atoms with Gasteiger partial charge in [-0.25, -0.2) is 4.39 Å². The molecule has 142 valence electrons. The van der Waals surface area contributed by atoms with Crippen LogP contribution < -0.4 is 5.32 Å². The van der Waals surface area contributed by atoms with Crippen molar-refractivity contribution >= 4 is 40.2 Å². The molecule has 1 saturated heterocycles. The third-order valence-electron chi connectivity index (χ3n) is 4.77. The van der Waals surface area contributed by atoms with E-state index in [1.807, 2.05) is 49.5 Å². The average molecular weight is 393 g/mol. The van der Waals surface area contributed by atoms with Crippen molar-refractivity contribution in [1.29, 1.82) is 0 Å². The summed E-state index contributed by atoms with van der Waals surface area (Å²) in [5, 5.41) is 4.50. The number of carbonyl (C=O) groups excluding carboxylic acids is 1. The smallest absolute Gasteiger partial charge is 0.276 e. The van der Waals surface area contributed by atoms with Gasteiger partial charge in [-0.2, -0.15) is 0 Å². The molecule has 2 heterocycles. The molecule has 4 rings (SSSR count). The monoisotopic (exact) mass is 393 g/mol. The summed E-state index contributed by atoms with van der Waals surface area (Å²) in [6.45, 7) is 3.16. The first-order valence-electron chi connectivity index (χ1n) is 9.23. The molecule has 3 aromatic rings. The standard InChI is InChI=1S/C22H20FN3OS/c1-2-10-26-21(27)19(24-22(26)28)12-16-14-25(20-9-4-3-8-18(16)20)13-15-6-5-7-17(23)11-15/h3-9,11-12,14H,2,10,13H2,1H3,(H,24,28)/b19-12-. The van der Waals surface area contributed by atoms with Crippen molar-refractivity contribution in [3.05, 3.63) is 77.4 Å². The zero-order valence-electron chi connectivity index (χ0n) is 15.5. The van der Waals surface area contributed by atoms with Crippen molar-refractivity contribution in [2.75, 3.05) is 6.54 Å². The normalized spacial score (nSPS) is 15.6. The fraction of sp³-hybridized carbons (Fsp3) is 0.182. The van der Waals surface area contributed by atoms with Crippen LogP contribution in [0, 0.1) is 5.82 Å². The van der Waals surface area contributed by atoms with Crippen LogP contribution in [0.3, 0.4) is 0 Å². The van der Waals surface area contributed by atoms with Crippen LogP contribution in [-0.4, -0.2) is 27.0 Å². The maximum absolute atomic E-state index is 13.6. The highest BCUT2D eigenvalue weighted by Gasteiger charge is 2.29. The van der Waals surface area contributed by atoms with Gasteiger partial charge in [0.1, 0.15) is 11.5 Å². The lowest BCUT2D eigenvalue weighted by Gasteiger charge is -2.11. The first-order chi connectivity index (χ1) is 13.6. The number of halogens is 1. The zero-order valence-corrected chi connectivity index (χ0v) is 16.3. The molecule has 0 aliphatic carbocycles. The summed E-state index contributed by atoms with van der Waals surface area (Å²) in [7, 11) is 0. The van der Waals surface area contributed by atoms with Gasteiger partial charge < -0.3 is 9.88 Å². The number of nitrogens with zero attached hydrogens (tertiary/aromatic N) is 2. The highest BCUT2D eigenvalue weighted by molar-refractivity contribution is 7.80. The second-order valence-electron chi connectivity index (χ2n) is 6.80. The minimum atomic E-state index is -0.249. The summed E-state index contributed by atoms with van der Waals surface area (Å²) >= 11 is 5.29. The van der Waals surface area contributed by atoms with Crippen molar-refractivity contribution in [3.8, 4) is 0 Å². The molecule has 1 fully saturated rings. The first kappa shape index (κ1) is 18.4. The summed E-state index contributed by atoms with van der Waals surface area (Å²) in [6, 6.07) is 14.6.